The lowest BCUT2D eigenvalue weighted by atomic mass is 9.96. The minimum atomic E-state index is 0.617. The van der Waals surface area contributed by atoms with Crippen molar-refractivity contribution in [3.63, 3.8) is 0 Å². The second-order valence-electron chi connectivity index (χ2n) is 4.97. The van der Waals surface area contributed by atoms with Crippen molar-refractivity contribution >= 4 is 5.95 Å². The van der Waals surface area contributed by atoms with Crippen LogP contribution in [0.3, 0.4) is 0 Å². The molecule has 102 valence electrons. The van der Waals surface area contributed by atoms with Crippen molar-refractivity contribution in [2.45, 2.75) is 58.0 Å². The van der Waals surface area contributed by atoms with Crippen molar-refractivity contribution < 1.29 is 4.74 Å². The van der Waals surface area contributed by atoms with Gasteiger partial charge in [-0.15, -0.1) is 0 Å². The molecule has 2 rings (SSSR count). The lowest BCUT2D eigenvalue weighted by Crippen LogP contribution is -2.24. The first-order valence-electron chi connectivity index (χ1n) is 7.25. The van der Waals surface area contributed by atoms with Crippen LogP contribution in [-0.2, 0) is 11.3 Å². The number of anilines is 1. The highest BCUT2D eigenvalue weighted by molar-refractivity contribution is 5.27. The van der Waals surface area contributed by atoms with E-state index in [9.17, 15) is 0 Å². The summed E-state index contributed by atoms with van der Waals surface area (Å²) in [5, 5.41) is 3.58. The normalized spacial score (nSPS) is 16.9. The van der Waals surface area contributed by atoms with Gasteiger partial charge in [0, 0.05) is 38.2 Å². The van der Waals surface area contributed by atoms with Crippen LogP contribution in [0.15, 0.2) is 12.4 Å². The number of nitrogens with one attached hydrogen (secondary N) is 1. The fraction of sp³-hybridized carbons (Fsp3) is 0.786. The molecule has 4 nitrogen and oxygen atoms in total. The van der Waals surface area contributed by atoms with Gasteiger partial charge in [-0.2, -0.15) is 0 Å². The number of ether oxygens (including phenoxy) is 1. The molecule has 1 aliphatic rings. The van der Waals surface area contributed by atoms with E-state index in [2.05, 4.69) is 21.1 Å². The van der Waals surface area contributed by atoms with E-state index in [0.717, 1.165) is 32.1 Å². The first-order chi connectivity index (χ1) is 8.90. The van der Waals surface area contributed by atoms with Crippen LogP contribution in [0.1, 0.15) is 45.4 Å². The molecule has 18 heavy (non-hydrogen) atoms. The van der Waals surface area contributed by atoms with Crippen molar-refractivity contribution in [3.05, 3.63) is 12.4 Å². The van der Waals surface area contributed by atoms with Crippen molar-refractivity contribution in [2.75, 3.05) is 18.5 Å². The number of aryl methyl sites for hydroxylation is 1. The summed E-state index contributed by atoms with van der Waals surface area (Å²) in [7, 11) is 0. The van der Waals surface area contributed by atoms with Gasteiger partial charge in [0.1, 0.15) is 0 Å². The summed E-state index contributed by atoms with van der Waals surface area (Å²) in [6.45, 7) is 4.65. The molecule has 1 N–H and O–H groups in total. The van der Waals surface area contributed by atoms with E-state index in [0.29, 0.717) is 6.04 Å². The van der Waals surface area contributed by atoms with Gasteiger partial charge >= 0.3 is 0 Å². The predicted octanol–water partition coefficient (Wildman–Crippen LogP) is 3.05. The molecule has 1 saturated carbocycles. The first kappa shape index (κ1) is 13.4. The summed E-state index contributed by atoms with van der Waals surface area (Å²) >= 11 is 0. The first-order valence-corrected chi connectivity index (χ1v) is 7.25. The number of imidazole rings is 1. The molecule has 0 amide bonds. The maximum Gasteiger partial charge on any atom is 0.202 e. The second-order valence-corrected chi connectivity index (χ2v) is 4.97. The Morgan fingerprint density at radius 1 is 1.39 bits per heavy atom. The minimum absolute atomic E-state index is 0.617. The molecule has 0 aromatic carbocycles. The van der Waals surface area contributed by atoms with Crippen LogP contribution in [0, 0.1) is 0 Å². The molecule has 0 unspecified atom stereocenters. The third kappa shape index (κ3) is 4.02. The van der Waals surface area contributed by atoms with Crippen LogP contribution in [0.2, 0.25) is 0 Å². The number of hydrogen-bond donors (Lipinski definition) is 1. The van der Waals surface area contributed by atoms with Crippen molar-refractivity contribution in [3.8, 4) is 0 Å². The fourth-order valence-electron chi connectivity index (χ4n) is 2.54. The highest BCUT2D eigenvalue weighted by Gasteiger charge is 2.14. The Kier molecular flexibility index (Phi) is 5.52. The van der Waals surface area contributed by atoms with E-state index in [1.807, 2.05) is 13.1 Å². The van der Waals surface area contributed by atoms with E-state index in [-0.39, 0.29) is 0 Å². The highest BCUT2D eigenvalue weighted by atomic mass is 16.5. The summed E-state index contributed by atoms with van der Waals surface area (Å²) in [6.07, 6.45) is 11.6. The average molecular weight is 251 g/mol. The van der Waals surface area contributed by atoms with Gasteiger partial charge in [-0.05, 0) is 26.2 Å². The van der Waals surface area contributed by atoms with Crippen molar-refractivity contribution in [1.82, 2.24) is 9.55 Å². The van der Waals surface area contributed by atoms with Gasteiger partial charge in [0.2, 0.25) is 5.95 Å². The van der Waals surface area contributed by atoms with E-state index in [1.165, 1.54) is 32.1 Å². The molecular weight excluding hydrogens is 226 g/mol. The average Bonchev–Trinajstić information content (AvgIpc) is 2.83. The Balaban J connectivity index is 1.79. The van der Waals surface area contributed by atoms with Crippen LogP contribution in [-0.4, -0.2) is 28.8 Å². The zero-order valence-corrected chi connectivity index (χ0v) is 11.4. The molecule has 1 aliphatic carbocycles. The molecule has 0 spiro atoms. The topological polar surface area (TPSA) is 39.1 Å². The lowest BCUT2D eigenvalue weighted by molar-refractivity contribution is 0.142. The van der Waals surface area contributed by atoms with Crippen LogP contribution in [0.25, 0.3) is 0 Å². The van der Waals surface area contributed by atoms with Gasteiger partial charge in [-0.25, -0.2) is 4.98 Å². The summed E-state index contributed by atoms with van der Waals surface area (Å²) in [6, 6.07) is 0.617. The summed E-state index contributed by atoms with van der Waals surface area (Å²) in [5.74, 6) is 1.03. The van der Waals surface area contributed by atoms with Crippen LogP contribution in [0.5, 0.6) is 0 Å². The van der Waals surface area contributed by atoms with Gasteiger partial charge in [0.15, 0.2) is 0 Å². The minimum Gasteiger partial charge on any atom is -0.382 e. The zero-order chi connectivity index (χ0) is 12.6. The molecule has 1 aromatic rings. The molecule has 0 atom stereocenters. The van der Waals surface area contributed by atoms with Crippen molar-refractivity contribution in [1.29, 1.82) is 0 Å². The molecule has 0 aliphatic heterocycles. The monoisotopic (exact) mass is 251 g/mol. The molecule has 0 bridgehead atoms. The fourth-order valence-corrected chi connectivity index (χ4v) is 2.54. The molecule has 4 heteroatoms. The Morgan fingerprint density at radius 2 is 2.22 bits per heavy atom. The maximum atomic E-state index is 5.37. The SMILES string of the molecule is CCOCCCn1ccnc1NC1CCCCC1. The lowest BCUT2D eigenvalue weighted by Gasteiger charge is -2.23. The Labute approximate surface area is 110 Å². The molecular formula is C14H25N3O. The summed E-state index contributed by atoms with van der Waals surface area (Å²) in [4.78, 5) is 4.42. The van der Waals surface area contributed by atoms with Gasteiger partial charge < -0.3 is 14.6 Å². The molecule has 1 aromatic heterocycles. The van der Waals surface area contributed by atoms with Crippen LogP contribution >= 0.6 is 0 Å². The van der Waals surface area contributed by atoms with E-state index in [4.69, 9.17) is 4.74 Å². The predicted molar refractivity (Wildman–Crippen MR) is 73.8 cm³/mol. The van der Waals surface area contributed by atoms with Gasteiger partial charge in [-0.3, -0.25) is 0 Å². The number of rotatable bonds is 7. The van der Waals surface area contributed by atoms with Crippen molar-refractivity contribution in [2.24, 2.45) is 0 Å². The van der Waals surface area contributed by atoms with Crippen LogP contribution in [0.4, 0.5) is 5.95 Å². The number of hydrogen-bond acceptors (Lipinski definition) is 3. The number of nitrogens with zero attached hydrogens (tertiary/aromatic N) is 2. The van der Waals surface area contributed by atoms with Crippen LogP contribution < -0.4 is 5.32 Å². The molecule has 0 saturated heterocycles. The zero-order valence-electron chi connectivity index (χ0n) is 11.4. The van der Waals surface area contributed by atoms with Gasteiger partial charge in [0.05, 0.1) is 0 Å². The Bertz CT molecular complexity index is 332. The molecule has 0 radical (unpaired) electrons. The molecule has 1 heterocycles. The van der Waals surface area contributed by atoms with E-state index >= 15 is 0 Å². The molecule has 1 fully saturated rings. The Morgan fingerprint density at radius 3 is 3.00 bits per heavy atom. The Hall–Kier alpha value is -1.03. The summed E-state index contributed by atoms with van der Waals surface area (Å²) < 4.78 is 7.57. The summed E-state index contributed by atoms with van der Waals surface area (Å²) in [5.41, 5.74) is 0. The van der Waals surface area contributed by atoms with Gasteiger partial charge in [-0.1, -0.05) is 19.3 Å². The second kappa shape index (κ2) is 7.41. The number of aromatic nitrogens is 2. The quantitative estimate of drug-likeness (QED) is 0.757. The third-order valence-electron chi connectivity index (χ3n) is 3.55. The maximum absolute atomic E-state index is 5.37. The third-order valence-corrected chi connectivity index (χ3v) is 3.55. The largest absolute Gasteiger partial charge is 0.382 e. The van der Waals surface area contributed by atoms with E-state index < -0.39 is 0 Å². The van der Waals surface area contributed by atoms with E-state index in [1.54, 1.807) is 0 Å². The highest BCUT2D eigenvalue weighted by Crippen LogP contribution is 2.20. The van der Waals surface area contributed by atoms with Gasteiger partial charge in [0.25, 0.3) is 0 Å². The smallest absolute Gasteiger partial charge is 0.202 e. The standard InChI is InChI=1S/C14H25N3O/c1-2-18-12-6-10-17-11-9-15-14(17)16-13-7-4-3-5-8-13/h9,11,13H,2-8,10,12H2,1H3,(H,15,16).